The van der Waals surface area contributed by atoms with E-state index >= 15 is 0 Å². The van der Waals surface area contributed by atoms with E-state index in [0.29, 0.717) is 21.9 Å². The molecule has 1 aliphatic rings. The van der Waals surface area contributed by atoms with Crippen molar-refractivity contribution in [3.63, 3.8) is 0 Å². The highest BCUT2D eigenvalue weighted by molar-refractivity contribution is 7.15. The van der Waals surface area contributed by atoms with E-state index in [4.69, 9.17) is 9.47 Å². The summed E-state index contributed by atoms with van der Waals surface area (Å²) in [5.41, 5.74) is 2.63. The van der Waals surface area contributed by atoms with Gasteiger partial charge in [0.1, 0.15) is 17.6 Å². The molecule has 0 fully saturated rings. The summed E-state index contributed by atoms with van der Waals surface area (Å²) in [6, 6.07) is 15.5. The summed E-state index contributed by atoms with van der Waals surface area (Å²) in [4.78, 5) is 18.1. The second-order valence-electron chi connectivity index (χ2n) is 7.71. The molecule has 0 bridgehead atoms. The molecular formula is C25H23N3O3S. The number of fused-ring (bicyclic) bond motifs is 2. The third-order valence-corrected chi connectivity index (χ3v) is 6.33. The molecule has 162 valence electrons. The molecule has 4 aromatic rings. The van der Waals surface area contributed by atoms with Crippen molar-refractivity contribution >= 4 is 28.4 Å². The molecule has 0 saturated heterocycles. The predicted octanol–water partition coefficient (Wildman–Crippen LogP) is 4.36. The number of unbranched alkanes of at least 4 members (excludes halogenated alkanes) is 1. The van der Waals surface area contributed by atoms with Crippen LogP contribution in [0.15, 0.2) is 58.9 Å². The van der Waals surface area contributed by atoms with E-state index in [1.165, 1.54) is 15.9 Å². The van der Waals surface area contributed by atoms with Crippen molar-refractivity contribution in [3.8, 4) is 22.9 Å². The van der Waals surface area contributed by atoms with E-state index in [9.17, 15) is 4.79 Å². The van der Waals surface area contributed by atoms with Gasteiger partial charge < -0.3 is 9.47 Å². The minimum absolute atomic E-state index is 0.139. The van der Waals surface area contributed by atoms with E-state index in [1.807, 2.05) is 61.5 Å². The predicted molar refractivity (Wildman–Crippen MR) is 127 cm³/mol. The quantitative estimate of drug-likeness (QED) is 0.413. The van der Waals surface area contributed by atoms with Gasteiger partial charge in [-0.2, -0.15) is 9.50 Å². The SMILES string of the molecule is CCCCOc1ccc(-c2nc3sc(=CC4=Cc5ccccc5OC4C)c(=O)n3n2)cc1. The lowest BCUT2D eigenvalue weighted by Crippen LogP contribution is -2.26. The van der Waals surface area contributed by atoms with Crippen LogP contribution in [0.3, 0.4) is 0 Å². The molecule has 2 aromatic heterocycles. The summed E-state index contributed by atoms with van der Waals surface area (Å²) in [7, 11) is 0. The number of nitrogens with zero attached hydrogens (tertiary/aromatic N) is 3. The zero-order valence-electron chi connectivity index (χ0n) is 17.9. The number of rotatable bonds is 6. The number of hydrogen-bond donors (Lipinski definition) is 0. The van der Waals surface area contributed by atoms with E-state index < -0.39 is 0 Å². The van der Waals surface area contributed by atoms with Crippen molar-refractivity contribution in [2.75, 3.05) is 6.61 Å². The highest BCUT2D eigenvalue weighted by Crippen LogP contribution is 2.29. The minimum Gasteiger partial charge on any atom is -0.494 e. The van der Waals surface area contributed by atoms with Crippen molar-refractivity contribution in [2.45, 2.75) is 32.8 Å². The van der Waals surface area contributed by atoms with Crippen molar-refractivity contribution < 1.29 is 9.47 Å². The summed E-state index contributed by atoms with van der Waals surface area (Å²) < 4.78 is 13.7. The van der Waals surface area contributed by atoms with Gasteiger partial charge in [0, 0.05) is 11.1 Å². The van der Waals surface area contributed by atoms with Gasteiger partial charge in [0.2, 0.25) is 4.96 Å². The molecule has 0 N–H and O–H groups in total. The van der Waals surface area contributed by atoms with E-state index in [1.54, 1.807) is 0 Å². The standard InChI is InChI=1S/C25H23N3O3S/c1-3-4-13-30-20-11-9-17(10-12-20)23-26-25-28(27-23)24(29)22(32-25)15-19-14-18-7-5-6-8-21(18)31-16(19)2/h5-12,14-16H,3-4,13H2,1-2H3. The largest absolute Gasteiger partial charge is 0.494 e. The Morgan fingerprint density at radius 2 is 2.00 bits per heavy atom. The van der Waals surface area contributed by atoms with E-state index in [-0.39, 0.29) is 11.7 Å². The van der Waals surface area contributed by atoms with Crippen LogP contribution in [0.2, 0.25) is 0 Å². The fourth-order valence-electron chi connectivity index (χ4n) is 3.56. The molecule has 0 saturated carbocycles. The number of thiazole rings is 1. The van der Waals surface area contributed by atoms with Gasteiger partial charge in [-0.25, -0.2) is 0 Å². The third kappa shape index (κ3) is 3.91. The first-order valence-electron chi connectivity index (χ1n) is 10.7. The van der Waals surface area contributed by atoms with E-state index in [2.05, 4.69) is 23.1 Å². The fourth-order valence-corrected chi connectivity index (χ4v) is 4.47. The molecule has 7 heteroatoms. The molecule has 32 heavy (non-hydrogen) atoms. The molecule has 3 heterocycles. The van der Waals surface area contributed by atoms with Crippen LogP contribution in [0, 0.1) is 0 Å². The van der Waals surface area contributed by atoms with Gasteiger partial charge in [-0.05, 0) is 61.4 Å². The summed E-state index contributed by atoms with van der Waals surface area (Å²) >= 11 is 1.33. The lowest BCUT2D eigenvalue weighted by atomic mass is 10.0. The number of aromatic nitrogens is 3. The van der Waals surface area contributed by atoms with Gasteiger partial charge in [0.15, 0.2) is 5.82 Å². The Morgan fingerprint density at radius 1 is 1.19 bits per heavy atom. The summed E-state index contributed by atoms with van der Waals surface area (Å²) in [5.74, 6) is 2.21. The third-order valence-electron chi connectivity index (χ3n) is 5.37. The van der Waals surface area contributed by atoms with Crippen molar-refractivity contribution in [1.29, 1.82) is 0 Å². The maximum Gasteiger partial charge on any atom is 0.291 e. The van der Waals surface area contributed by atoms with Crippen molar-refractivity contribution in [2.24, 2.45) is 0 Å². The van der Waals surface area contributed by atoms with Gasteiger partial charge in [0.25, 0.3) is 5.56 Å². The van der Waals surface area contributed by atoms with Gasteiger partial charge >= 0.3 is 0 Å². The normalized spacial score (nSPS) is 16.0. The molecule has 0 spiro atoms. The summed E-state index contributed by atoms with van der Waals surface area (Å²) in [6.07, 6.45) is 5.93. The molecule has 6 nitrogen and oxygen atoms in total. The zero-order chi connectivity index (χ0) is 22.1. The molecule has 2 aromatic carbocycles. The molecule has 1 unspecified atom stereocenters. The van der Waals surface area contributed by atoms with Crippen LogP contribution < -0.4 is 19.6 Å². The Hall–Kier alpha value is -3.45. The van der Waals surface area contributed by atoms with Crippen molar-refractivity contribution in [1.82, 2.24) is 14.6 Å². The van der Waals surface area contributed by atoms with Gasteiger partial charge in [-0.3, -0.25) is 4.79 Å². The number of para-hydroxylation sites is 1. The first-order valence-corrected chi connectivity index (χ1v) is 11.6. The van der Waals surface area contributed by atoms with Crippen LogP contribution in [0.25, 0.3) is 28.5 Å². The highest BCUT2D eigenvalue weighted by atomic mass is 32.1. The van der Waals surface area contributed by atoms with Crippen LogP contribution in [0.5, 0.6) is 11.5 Å². The Labute approximate surface area is 189 Å². The average molecular weight is 446 g/mol. The van der Waals surface area contributed by atoms with Crippen LogP contribution >= 0.6 is 11.3 Å². The van der Waals surface area contributed by atoms with Crippen molar-refractivity contribution in [3.05, 3.63) is 74.6 Å². The van der Waals surface area contributed by atoms with E-state index in [0.717, 1.165) is 41.0 Å². The van der Waals surface area contributed by atoms with Crippen LogP contribution in [-0.4, -0.2) is 27.3 Å². The molecule has 0 amide bonds. The average Bonchev–Trinajstić information content (AvgIpc) is 3.34. The maximum absolute atomic E-state index is 13.0. The smallest absolute Gasteiger partial charge is 0.291 e. The van der Waals surface area contributed by atoms with Gasteiger partial charge in [-0.1, -0.05) is 42.9 Å². The molecule has 0 aliphatic carbocycles. The molecule has 5 rings (SSSR count). The Morgan fingerprint density at radius 3 is 2.78 bits per heavy atom. The highest BCUT2D eigenvalue weighted by Gasteiger charge is 2.18. The molecule has 0 radical (unpaired) electrons. The summed E-state index contributed by atoms with van der Waals surface area (Å²) in [5, 5.41) is 4.45. The van der Waals surface area contributed by atoms with Gasteiger partial charge in [0.05, 0.1) is 11.1 Å². The number of hydrogen-bond acceptors (Lipinski definition) is 6. The summed E-state index contributed by atoms with van der Waals surface area (Å²) in [6.45, 7) is 4.82. The molecule has 1 atom stereocenters. The van der Waals surface area contributed by atoms with Crippen LogP contribution in [0.4, 0.5) is 0 Å². The Kier molecular flexibility index (Phi) is 5.49. The molecular weight excluding hydrogens is 422 g/mol. The second kappa shape index (κ2) is 8.59. The van der Waals surface area contributed by atoms with Gasteiger partial charge in [-0.15, -0.1) is 5.10 Å². The second-order valence-corrected chi connectivity index (χ2v) is 8.72. The first kappa shape index (κ1) is 20.5. The first-order chi connectivity index (χ1) is 15.6. The minimum atomic E-state index is -0.171. The lowest BCUT2D eigenvalue weighted by molar-refractivity contribution is 0.259. The zero-order valence-corrected chi connectivity index (χ0v) is 18.8. The topological polar surface area (TPSA) is 65.7 Å². The Bertz CT molecular complexity index is 1400. The lowest BCUT2D eigenvalue weighted by Gasteiger charge is -2.22. The Balaban J connectivity index is 1.44. The monoisotopic (exact) mass is 445 g/mol. The fraction of sp³-hybridized carbons (Fsp3) is 0.240. The number of ether oxygens (including phenoxy) is 2. The maximum atomic E-state index is 13.0. The van der Waals surface area contributed by atoms with Crippen LogP contribution in [0.1, 0.15) is 32.3 Å². The number of benzene rings is 2. The molecule has 1 aliphatic heterocycles. The van der Waals surface area contributed by atoms with Crippen LogP contribution in [-0.2, 0) is 0 Å².